The van der Waals surface area contributed by atoms with E-state index >= 15 is 0 Å². The first-order chi connectivity index (χ1) is 9.61. The lowest BCUT2D eigenvalue weighted by atomic mass is 9.98. The number of benzene rings is 2. The minimum atomic E-state index is -0.849. The predicted molar refractivity (Wildman–Crippen MR) is 83.5 cm³/mol. The molecule has 0 bridgehead atoms. The minimum Gasteiger partial charge on any atom is -0.478 e. The largest absolute Gasteiger partial charge is 0.478 e. The number of aromatic carboxylic acids is 1. The monoisotopic (exact) mass is 270 g/mol. The van der Waals surface area contributed by atoms with Gasteiger partial charge in [0.05, 0.1) is 5.56 Å². The topological polar surface area (TPSA) is 37.3 Å². The zero-order valence-corrected chi connectivity index (χ0v) is 12.3. The van der Waals surface area contributed by atoms with Crippen molar-refractivity contribution >= 4 is 16.7 Å². The van der Waals surface area contributed by atoms with Crippen LogP contribution < -0.4 is 0 Å². The summed E-state index contributed by atoms with van der Waals surface area (Å²) < 4.78 is 0. The second kappa shape index (κ2) is 6.56. The van der Waals surface area contributed by atoms with E-state index in [1.54, 1.807) is 6.07 Å². The van der Waals surface area contributed by atoms with Gasteiger partial charge in [0.15, 0.2) is 0 Å². The SMILES string of the molecule is CCCCCCc1ccc2cc(C)c(C(=O)O)cc2c1. The summed E-state index contributed by atoms with van der Waals surface area (Å²) in [6.07, 6.45) is 6.08. The third kappa shape index (κ3) is 3.38. The molecule has 0 aromatic heterocycles. The molecular formula is C18H22O2. The van der Waals surface area contributed by atoms with Gasteiger partial charge in [-0.25, -0.2) is 4.79 Å². The Hall–Kier alpha value is -1.83. The Balaban J connectivity index is 2.23. The van der Waals surface area contributed by atoms with E-state index in [1.165, 1.54) is 31.2 Å². The Kier molecular flexibility index (Phi) is 4.78. The zero-order chi connectivity index (χ0) is 14.5. The average molecular weight is 270 g/mol. The Morgan fingerprint density at radius 3 is 2.55 bits per heavy atom. The number of aryl methyl sites for hydroxylation is 2. The van der Waals surface area contributed by atoms with Crippen molar-refractivity contribution in [1.82, 2.24) is 0 Å². The van der Waals surface area contributed by atoms with E-state index in [1.807, 2.05) is 13.0 Å². The highest BCUT2D eigenvalue weighted by Gasteiger charge is 2.08. The molecule has 2 aromatic carbocycles. The molecule has 0 spiro atoms. The number of hydrogen-bond donors (Lipinski definition) is 1. The molecule has 0 heterocycles. The summed E-state index contributed by atoms with van der Waals surface area (Å²) in [4.78, 5) is 11.2. The van der Waals surface area contributed by atoms with E-state index in [0.29, 0.717) is 5.56 Å². The number of hydrogen-bond acceptors (Lipinski definition) is 1. The zero-order valence-electron chi connectivity index (χ0n) is 12.3. The molecule has 0 aliphatic heterocycles. The molecule has 2 nitrogen and oxygen atoms in total. The van der Waals surface area contributed by atoms with Gasteiger partial charge in [0.1, 0.15) is 0 Å². The van der Waals surface area contributed by atoms with Gasteiger partial charge in [0.25, 0.3) is 0 Å². The third-order valence-corrected chi connectivity index (χ3v) is 3.80. The molecule has 20 heavy (non-hydrogen) atoms. The summed E-state index contributed by atoms with van der Waals surface area (Å²) in [6.45, 7) is 4.06. The van der Waals surface area contributed by atoms with Crippen molar-refractivity contribution in [2.75, 3.05) is 0 Å². The minimum absolute atomic E-state index is 0.403. The maximum atomic E-state index is 11.2. The molecule has 0 saturated heterocycles. The fourth-order valence-electron chi connectivity index (χ4n) is 2.60. The second-order valence-electron chi connectivity index (χ2n) is 5.46. The number of carbonyl (C=O) groups is 1. The maximum Gasteiger partial charge on any atom is 0.335 e. The van der Waals surface area contributed by atoms with Crippen LogP contribution in [-0.2, 0) is 6.42 Å². The van der Waals surface area contributed by atoms with Crippen LogP contribution >= 0.6 is 0 Å². The Labute approximate surface area is 120 Å². The van der Waals surface area contributed by atoms with Crippen LogP contribution in [0.4, 0.5) is 0 Å². The van der Waals surface area contributed by atoms with Crippen molar-refractivity contribution in [3.8, 4) is 0 Å². The lowest BCUT2D eigenvalue weighted by Gasteiger charge is -2.07. The van der Waals surface area contributed by atoms with Gasteiger partial charge in [-0.2, -0.15) is 0 Å². The first kappa shape index (κ1) is 14.6. The fraction of sp³-hybridized carbons (Fsp3) is 0.389. The van der Waals surface area contributed by atoms with Crippen molar-refractivity contribution in [1.29, 1.82) is 0 Å². The lowest BCUT2D eigenvalue weighted by molar-refractivity contribution is 0.0696. The molecule has 0 aliphatic rings. The number of unbranched alkanes of at least 4 members (excludes halogenated alkanes) is 3. The van der Waals surface area contributed by atoms with E-state index in [9.17, 15) is 9.90 Å². The number of rotatable bonds is 6. The molecule has 0 radical (unpaired) electrons. The van der Waals surface area contributed by atoms with Crippen LogP contribution in [0.3, 0.4) is 0 Å². The molecule has 0 atom stereocenters. The third-order valence-electron chi connectivity index (χ3n) is 3.80. The molecule has 2 aromatic rings. The molecule has 0 saturated carbocycles. The van der Waals surface area contributed by atoms with Crippen LogP contribution in [0.5, 0.6) is 0 Å². The standard InChI is InChI=1S/C18H22O2/c1-3-4-5-6-7-14-8-9-15-10-13(2)17(18(19)20)12-16(15)11-14/h8-12H,3-7H2,1-2H3,(H,19,20). The van der Waals surface area contributed by atoms with Crippen molar-refractivity contribution < 1.29 is 9.90 Å². The Morgan fingerprint density at radius 2 is 1.85 bits per heavy atom. The molecule has 2 rings (SSSR count). The van der Waals surface area contributed by atoms with Crippen molar-refractivity contribution in [3.63, 3.8) is 0 Å². The number of carboxylic acids is 1. The molecule has 1 N–H and O–H groups in total. The summed E-state index contributed by atoms with van der Waals surface area (Å²) >= 11 is 0. The Bertz CT molecular complexity index is 614. The first-order valence-electron chi connectivity index (χ1n) is 7.38. The summed E-state index contributed by atoms with van der Waals surface area (Å²) in [5, 5.41) is 11.3. The second-order valence-corrected chi connectivity index (χ2v) is 5.46. The molecule has 0 aliphatic carbocycles. The average Bonchev–Trinajstić information content (AvgIpc) is 2.42. The molecular weight excluding hydrogens is 248 g/mol. The number of carboxylic acid groups (broad SMARTS) is 1. The molecule has 0 amide bonds. The van der Waals surface area contributed by atoms with Gasteiger partial charge >= 0.3 is 5.97 Å². The van der Waals surface area contributed by atoms with Crippen LogP contribution in [0.15, 0.2) is 30.3 Å². The van der Waals surface area contributed by atoms with E-state index in [2.05, 4.69) is 25.1 Å². The highest BCUT2D eigenvalue weighted by atomic mass is 16.4. The van der Waals surface area contributed by atoms with Crippen molar-refractivity contribution in [2.45, 2.75) is 46.0 Å². The van der Waals surface area contributed by atoms with Crippen LogP contribution in [-0.4, -0.2) is 11.1 Å². The highest BCUT2D eigenvalue weighted by molar-refractivity contribution is 5.96. The van der Waals surface area contributed by atoms with Gasteiger partial charge < -0.3 is 5.11 Å². The van der Waals surface area contributed by atoms with E-state index in [0.717, 1.165) is 22.8 Å². The van der Waals surface area contributed by atoms with E-state index in [-0.39, 0.29) is 0 Å². The van der Waals surface area contributed by atoms with Crippen LogP contribution in [0.25, 0.3) is 10.8 Å². The van der Waals surface area contributed by atoms with Gasteiger partial charge in [-0.15, -0.1) is 0 Å². The normalized spacial score (nSPS) is 10.9. The van der Waals surface area contributed by atoms with Gasteiger partial charge in [0, 0.05) is 0 Å². The highest BCUT2D eigenvalue weighted by Crippen LogP contribution is 2.22. The lowest BCUT2D eigenvalue weighted by Crippen LogP contribution is -1.99. The summed E-state index contributed by atoms with van der Waals surface area (Å²) in [5.41, 5.74) is 2.52. The summed E-state index contributed by atoms with van der Waals surface area (Å²) in [5.74, 6) is -0.849. The summed E-state index contributed by atoms with van der Waals surface area (Å²) in [7, 11) is 0. The van der Waals surface area contributed by atoms with E-state index in [4.69, 9.17) is 0 Å². The quantitative estimate of drug-likeness (QED) is 0.752. The van der Waals surface area contributed by atoms with Crippen LogP contribution in [0, 0.1) is 6.92 Å². The maximum absolute atomic E-state index is 11.2. The number of fused-ring (bicyclic) bond motifs is 1. The summed E-state index contributed by atoms with van der Waals surface area (Å²) in [6, 6.07) is 10.1. The molecule has 0 unspecified atom stereocenters. The molecule has 0 fully saturated rings. The van der Waals surface area contributed by atoms with E-state index < -0.39 is 5.97 Å². The van der Waals surface area contributed by atoms with Gasteiger partial charge in [-0.3, -0.25) is 0 Å². The first-order valence-corrected chi connectivity index (χ1v) is 7.38. The Morgan fingerprint density at radius 1 is 1.05 bits per heavy atom. The van der Waals surface area contributed by atoms with Gasteiger partial charge in [0.2, 0.25) is 0 Å². The predicted octanol–water partition coefficient (Wildman–Crippen LogP) is 4.97. The van der Waals surface area contributed by atoms with Gasteiger partial charge in [-0.05, 0) is 47.7 Å². The van der Waals surface area contributed by atoms with Crippen LogP contribution in [0.2, 0.25) is 0 Å². The van der Waals surface area contributed by atoms with Crippen LogP contribution in [0.1, 0.15) is 54.1 Å². The fourth-order valence-corrected chi connectivity index (χ4v) is 2.60. The molecule has 2 heteroatoms. The van der Waals surface area contributed by atoms with Crippen molar-refractivity contribution in [2.24, 2.45) is 0 Å². The smallest absolute Gasteiger partial charge is 0.335 e. The molecule has 106 valence electrons. The van der Waals surface area contributed by atoms with Crippen molar-refractivity contribution in [3.05, 3.63) is 47.0 Å². The van der Waals surface area contributed by atoms with Gasteiger partial charge in [-0.1, -0.05) is 50.5 Å².